The number of carbonyl (C=O) groups excluding carboxylic acids is 1. The number of halogens is 2. The monoisotopic (exact) mass is 385 g/mol. The van der Waals surface area contributed by atoms with Crippen LogP contribution in [0, 0.1) is 15.9 Å². The number of phenolic OH excluding ortho intramolecular Hbond substituents is 1. The Hall–Kier alpha value is -2.68. The van der Waals surface area contributed by atoms with E-state index in [0.717, 1.165) is 37.4 Å². The first-order chi connectivity index (χ1) is 10.8. The van der Waals surface area contributed by atoms with Gasteiger partial charge >= 0.3 is 5.97 Å². The van der Waals surface area contributed by atoms with Gasteiger partial charge in [-0.15, -0.1) is 0 Å². The Morgan fingerprint density at radius 3 is 2.61 bits per heavy atom. The van der Waals surface area contributed by atoms with Crippen molar-refractivity contribution in [1.29, 1.82) is 0 Å². The molecule has 0 aliphatic carbocycles. The van der Waals surface area contributed by atoms with Gasteiger partial charge in [0.15, 0.2) is 11.5 Å². The van der Waals surface area contributed by atoms with Crippen molar-refractivity contribution in [3.8, 4) is 17.2 Å². The van der Waals surface area contributed by atoms with E-state index in [4.69, 9.17) is 4.74 Å². The first kappa shape index (κ1) is 16.7. The highest BCUT2D eigenvalue weighted by Gasteiger charge is 2.24. The van der Waals surface area contributed by atoms with E-state index in [-0.39, 0.29) is 27.3 Å². The summed E-state index contributed by atoms with van der Waals surface area (Å²) >= 11 is 3.06. The van der Waals surface area contributed by atoms with Crippen LogP contribution in [0.4, 0.5) is 10.1 Å². The maximum atomic E-state index is 13.2. The number of methoxy groups -OCH3 is 1. The number of ether oxygens (including phenoxy) is 2. The van der Waals surface area contributed by atoms with Crippen LogP contribution in [0.5, 0.6) is 17.2 Å². The first-order valence-electron chi connectivity index (χ1n) is 6.06. The van der Waals surface area contributed by atoms with Crippen molar-refractivity contribution in [3.63, 3.8) is 0 Å². The molecule has 0 heterocycles. The standard InChI is InChI=1S/C14H9BrFNO6/c1-22-14(19)8-5-12(9(15)6-10(8)17(20)21)23-13-4-7(16)2-3-11(13)18/h2-6,18H,1H3. The van der Waals surface area contributed by atoms with Crippen LogP contribution in [0.25, 0.3) is 0 Å². The molecule has 2 aromatic carbocycles. The van der Waals surface area contributed by atoms with Gasteiger partial charge < -0.3 is 14.6 Å². The predicted molar refractivity (Wildman–Crippen MR) is 80.3 cm³/mol. The fourth-order valence-corrected chi connectivity index (χ4v) is 2.15. The summed E-state index contributed by atoms with van der Waals surface area (Å²) in [4.78, 5) is 21.9. The van der Waals surface area contributed by atoms with Crippen LogP contribution in [0.2, 0.25) is 0 Å². The molecule has 0 bridgehead atoms. The zero-order chi connectivity index (χ0) is 17.1. The third kappa shape index (κ3) is 3.57. The highest BCUT2D eigenvalue weighted by atomic mass is 79.9. The lowest BCUT2D eigenvalue weighted by Crippen LogP contribution is -2.06. The largest absolute Gasteiger partial charge is 0.504 e. The molecule has 9 heteroatoms. The summed E-state index contributed by atoms with van der Waals surface area (Å²) in [6.07, 6.45) is 0. The molecule has 2 rings (SSSR count). The lowest BCUT2D eigenvalue weighted by Gasteiger charge is -2.11. The summed E-state index contributed by atoms with van der Waals surface area (Å²) < 4.78 is 23.2. The molecule has 0 radical (unpaired) electrons. The molecule has 0 spiro atoms. The highest BCUT2D eigenvalue weighted by molar-refractivity contribution is 9.10. The van der Waals surface area contributed by atoms with Gasteiger partial charge in [-0.1, -0.05) is 0 Å². The Bertz CT molecular complexity index is 795. The Morgan fingerprint density at radius 1 is 1.30 bits per heavy atom. The molecular weight excluding hydrogens is 377 g/mol. The maximum Gasteiger partial charge on any atom is 0.345 e. The quantitative estimate of drug-likeness (QED) is 0.488. The van der Waals surface area contributed by atoms with Crippen LogP contribution in [0.1, 0.15) is 10.4 Å². The average molecular weight is 386 g/mol. The molecule has 0 aliphatic heterocycles. The molecule has 0 fully saturated rings. The highest BCUT2D eigenvalue weighted by Crippen LogP contribution is 2.38. The second-order valence-corrected chi connectivity index (χ2v) is 5.12. The van der Waals surface area contributed by atoms with Gasteiger partial charge in [0.05, 0.1) is 16.5 Å². The van der Waals surface area contributed by atoms with Crippen molar-refractivity contribution < 1.29 is 28.7 Å². The number of nitrogens with zero attached hydrogens (tertiary/aromatic N) is 1. The molecule has 2 aromatic rings. The van der Waals surface area contributed by atoms with Crippen molar-refractivity contribution in [2.24, 2.45) is 0 Å². The van der Waals surface area contributed by atoms with Crippen LogP contribution in [-0.4, -0.2) is 23.1 Å². The number of rotatable bonds is 4. The second kappa shape index (κ2) is 6.61. The SMILES string of the molecule is COC(=O)c1cc(Oc2cc(F)ccc2O)c(Br)cc1[N+](=O)[O-]. The Labute approximate surface area is 137 Å². The van der Waals surface area contributed by atoms with Crippen molar-refractivity contribution in [2.75, 3.05) is 7.11 Å². The summed E-state index contributed by atoms with van der Waals surface area (Å²) in [5, 5.41) is 20.7. The van der Waals surface area contributed by atoms with E-state index in [1.165, 1.54) is 0 Å². The lowest BCUT2D eigenvalue weighted by atomic mass is 10.1. The fraction of sp³-hybridized carbons (Fsp3) is 0.0714. The molecule has 0 atom stereocenters. The zero-order valence-electron chi connectivity index (χ0n) is 11.6. The number of carbonyl (C=O) groups is 1. The third-order valence-electron chi connectivity index (χ3n) is 2.79. The molecule has 120 valence electrons. The number of aromatic hydroxyl groups is 1. The minimum Gasteiger partial charge on any atom is -0.504 e. The van der Waals surface area contributed by atoms with Crippen LogP contribution in [-0.2, 0) is 4.74 Å². The summed E-state index contributed by atoms with van der Waals surface area (Å²) in [5.74, 6) is -2.16. The van der Waals surface area contributed by atoms with Crippen molar-refractivity contribution in [1.82, 2.24) is 0 Å². The minimum atomic E-state index is -0.933. The van der Waals surface area contributed by atoms with Crippen LogP contribution < -0.4 is 4.74 Å². The van der Waals surface area contributed by atoms with Gasteiger partial charge in [0.2, 0.25) is 0 Å². The van der Waals surface area contributed by atoms with E-state index in [0.29, 0.717) is 0 Å². The van der Waals surface area contributed by atoms with Crippen molar-refractivity contribution in [3.05, 3.63) is 56.3 Å². The number of phenols is 1. The van der Waals surface area contributed by atoms with E-state index in [1.807, 2.05) is 0 Å². The molecule has 0 amide bonds. The molecular formula is C14H9BrFNO6. The van der Waals surface area contributed by atoms with Gasteiger partial charge in [-0.2, -0.15) is 0 Å². The molecule has 23 heavy (non-hydrogen) atoms. The third-order valence-corrected chi connectivity index (χ3v) is 3.41. The van der Waals surface area contributed by atoms with Crippen LogP contribution >= 0.6 is 15.9 Å². The zero-order valence-corrected chi connectivity index (χ0v) is 13.2. The summed E-state index contributed by atoms with van der Waals surface area (Å²) in [6, 6.07) is 5.18. The molecule has 7 nitrogen and oxygen atoms in total. The number of esters is 1. The molecule has 0 aliphatic rings. The van der Waals surface area contributed by atoms with Gasteiger partial charge in [-0.05, 0) is 28.1 Å². The van der Waals surface area contributed by atoms with Crippen molar-refractivity contribution in [2.45, 2.75) is 0 Å². The van der Waals surface area contributed by atoms with Gasteiger partial charge in [0, 0.05) is 18.2 Å². The van der Waals surface area contributed by atoms with Crippen molar-refractivity contribution >= 4 is 27.6 Å². The van der Waals surface area contributed by atoms with Crippen LogP contribution in [0.3, 0.4) is 0 Å². The fourth-order valence-electron chi connectivity index (χ4n) is 1.73. The number of nitro groups is 1. The maximum absolute atomic E-state index is 13.2. The van der Waals surface area contributed by atoms with Gasteiger partial charge in [-0.25, -0.2) is 9.18 Å². The minimum absolute atomic E-state index is 0.0306. The van der Waals surface area contributed by atoms with E-state index >= 15 is 0 Å². The van der Waals surface area contributed by atoms with Gasteiger partial charge in [-0.3, -0.25) is 10.1 Å². The lowest BCUT2D eigenvalue weighted by molar-refractivity contribution is -0.385. The topological polar surface area (TPSA) is 98.9 Å². The summed E-state index contributed by atoms with van der Waals surface area (Å²) in [7, 11) is 1.08. The average Bonchev–Trinajstić information content (AvgIpc) is 2.51. The molecule has 0 aromatic heterocycles. The molecule has 0 saturated carbocycles. The summed E-state index contributed by atoms with van der Waals surface area (Å²) in [6.45, 7) is 0. The number of benzene rings is 2. The summed E-state index contributed by atoms with van der Waals surface area (Å²) in [5.41, 5.74) is -0.828. The number of nitro benzene ring substituents is 1. The van der Waals surface area contributed by atoms with E-state index in [9.17, 15) is 24.4 Å². The number of hydrogen-bond acceptors (Lipinski definition) is 6. The Morgan fingerprint density at radius 2 is 2.00 bits per heavy atom. The Kier molecular flexibility index (Phi) is 4.80. The van der Waals surface area contributed by atoms with Gasteiger partial charge in [0.1, 0.15) is 17.1 Å². The van der Waals surface area contributed by atoms with E-state index < -0.39 is 22.4 Å². The molecule has 1 N–H and O–H groups in total. The number of hydrogen-bond donors (Lipinski definition) is 1. The molecule has 0 unspecified atom stereocenters. The predicted octanol–water partition coefficient (Wildman–Crippen LogP) is 3.78. The molecule has 0 saturated heterocycles. The van der Waals surface area contributed by atoms with E-state index in [1.54, 1.807) is 0 Å². The Balaban J connectivity index is 2.53. The van der Waals surface area contributed by atoms with Crippen LogP contribution in [0.15, 0.2) is 34.8 Å². The second-order valence-electron chi connectivity index (χ2n) is 4.26. The smallest absolute Gasteiger partial charge is 0.345 e. The normalized spacial score (nSPS) is 10.2. The first-order valence-corrected chi connectivity index (χ1v) is 6.85. The van der Waals surface area contributed by atoms with Gasteiger partial charge in [0.25, 0.3) is 5.69 Å². The van der Waals surface area contributed by atoms with E-state index in [2.05, 4.69) is 20.7 Å².